The van der Waals surface area contributed by atoms with Crippen LogP contribution < -0.4 is 4.90 Å². The van der Waals surface area contributed by atoms with Gasteiger partial charge in [-0.15, -0.1) is 0 Å². The van der Waals surface area contributed by atoms with E-state index in [9.17, 15) is 4.79 Å². The Hall–Kier alpha value is -1.62. The molecule has 2 saturated heterocycles. The molecule has 0 unspecified atom stereocenters. The molecule has 0 spiro atoms. The summed E-state index contributed by atoms with van der Waals surface area (Å²) in [7, 11) is 1.90. The summed E-state index contributed by atoms with van der Waals surface area (Å²) in [5, 5.41) is 0. The third-order valence-electron chi connectivity index (χ3n) is 4.97. The lowest BCUT2D eigenvalue weighted by atomic mass is 10.1. The predicted molar refractivity (Wildman–Crippen MR) is 92.9 cm³/mol. The molecule has 0 bridgehead atoms. The Morgan fingerprint density at radius 2 is 1.83 bits per heavy atom. The molecular weight excluding hydrogens is 288 g/mol. The number of likely N-dealkylation sites (N-methyl/N-ethyl adjacent to an activating group) is 1. The molecule has 2 aliphatic rings. The molecule has 2 aliphatic heterocycles. The molecule has 0 aromatic carbocycles. The lowest BCUT2D eigenvalue weighted by Gasteiger charge is -2.28. The van der Waals surface area contributed by atoms with Crippen molar-refractivity contribution in [2.75, 3.05) is 51.2 Å². The van der Waals surface area contributed by atoms with Crippen LogP contribution in [0, 0.1) is 0 Å². The standard InChI is InChI=1S/C18H28N4O/c1-20(13-14-21-9-3-2-4-10-21)18(23)16-7-8-19-17(15-16)22-11-5-6-12-22/h7-8,15H,2-6,9-14H2,1H3. The van der Waals surface area contributed by atoms with Crippen LogP contribution in [0.3, 0.4) is 0 Å². The highest BCUT2D eigenvalue weighted by Gasteiger charge is 2.18. The fourth-order valence-corrected chi connectivity index (χ4v) is 3.47. The van der Waals surface area contributed by atoms with E-state index in [1.807, 2.05) is 24.1 Å². The molecule has 1 aromatic heterocycles. The molecular formula is C18H28N4O. The summed E-state index contributed by atoms with van der Waals surface area (Å²) in [6.45, 7) is 6.23. The van der Waals surface area contributed by atoms with Crippen molar-refractivity contribution in [3.05, 3.63) is 23.9 Å². The van der Waals surface area contributed by atoms with Crippen LogP contribution in [-0.2, 0) is 0 Å². The maximum Gasteiger partial charge on any atom is 0.253 e. The summed E-state index contributed by atoms with van der Waals surface area (Å²) < 4.78 is 0. The van der Waals surface area contributed by atoms with E-state index in [0.29, 0.717) is 0 Å². The van der Waals surface area contributed by atoms with E-state index in [1.165, 1.54) is 45.2 Å². The largest absolute Gasteiger partial charge is 0.357 e. The number of pyridine rings is 1. The lowest BCUT2D eigenvalue weighted by molar-refractivity contribution is 0.0773. The van der Waals surface area contributed by atoms with Crippen molar-refractivity contribution in [2.24, 2.45) is 0 Å². The van der Waals surface area contributed by atoms with Crippen molar-refractivity contribution < 1.29 is 4.79 Å². The van der Waals surface area contributed by atoms with Crippen LogP contribution in [0.2, 0.25) is 0 Å². The SMILES string of the molecule is CN(CCN1CCCCC1)C(=O)c1ccnc(N2CCCC2)c1. The van der Waals surface area contributed by atoms with Gasteiger partial charge in [0.2, 0.25) is 0 Å². The number of anilines is 1. The molecule has 2 fully saturated rings. The Balaban J connectivity index is 1.56. The smallest absolute Gasteiger partial charge is 0.253 e. The normalized spacial score (nSPS) is 19.1. The van der Waals surface area contributed by atoms with Gasteiger partial charge in [0.05, 0.1) is 0 Å². The van der Waals surface area contributed by atoms with Crippen LogP contribution in [-0.4, -0.2) is 67.0 Å². The highest BCUT2D eigenvalue weighted by molar-refractivity contribution is 5.94. The topological polar surface area (TPSA) is 39.7 Å². The zero-order valence-electron chi connectivity index (χ0n) is 14.2. The summed E-state index contributed by atoms with van der Waals surface area (Å²) in [6.07, 6.45) is 8.13. The minimum Gasteiger partial charge on any atom is -0.357 e. The van der Waals surface area contributed by atoms with Crippen molar-refractivity contribution in [1.82, 2.24) is 14.8 Å². The van der Waals surface area contributed by atoms with E-state index in [1.54, 1.807) is 6.20 Å². The average molecular weight is 316 g/mol. The summed E-state index contributed by atoms with van der Waals surface area (Å²) in [4.78, 5) is 23.7. The van der Waals surface area contributed by atoms with Crippen LogP contribution in [0.25, 0.3) is 0 Å². The average Bonchev–Trinajstić information content (AvgIpc) is 3.15. The van der Waals surface area contributed by atoms with E-state index < -0.39 is 0 Å². The number of carbonyl (C=O) groups is 1. The van der Waals surface area contributed by atoms with Crippen LogP contribution in [0.1, 0.15) is 42.5 Å². The second-order valence-electron chi connectivity index (χ2n) is 6.73. The number of hydrogen-bond donors (Lipinski definition) is 0. The van der Waals surface area contributed by atoms with E-state index >= 15 is 0 Å². The number of carbonyl (C=O) groups excluding carboxylic acids is 1. The molecule has 5 nitrogen and oxygen atoms in total. The second kappa shape index (κ2) is 7.77. The maximum absolute atomic E-state index is 12.6. The van der Waals surface area contributed by atoms with Crippen LogP contribution in [0.15, 0.2) is 18.3 Å². The zero-order chi connectivity index (χ0) is 16.1. The number of rotatable bonds is 5. The summed E-state index contributed by atoms with van der Waals surface area (Å²) in [6, 6.07) is 3.78. The van der Waals surface area contributed by atoms with E-state index in [4.69, 9.17) is 0 Å². The van der Waals surface area contributed by atoms with E-state index in [-0.39, 0.29) is 5.91 Å². The third-order valence-corrected chi connectivity index (χ3v) is 4.97. The van der Waals surface area contributed by atoms with Crippen molar-refractivity contribution in [3.63, 3.8) is 0 Å². The van der Waals surface area contributed by atoms with Crippen LogP contribution in [0.5, 0.6) is 0 Å². The molecule has 3 heterocycles. The zero-order valence-corrected chi connectivity index (χ0v) is 14.2. The Kier molecular flexibility index (Phi) is 5.49. The van der Waals surface area contributed by atoms with Gasteiger partial charge >= 0.3 is 0 Å². The van der Waals surface area contributed by atoms with Gasteiger partial charge in [0.25, 0.3) is 5.91 Å². The van der Waals surface area contributed by atoms with E-state index in [2.05, 4.69) is 14.8 Å². The van der Waals surface area contributed by atoms with Gasteiger partial charge < -0.3 is 14.7 Å². The minimum atomic E-state index is 0.102. The number of aromatic nitrogens is 1. The first kappa shape index (κ1) is 16.2. The van der Waals surface area contributed by atoms with Crippen molar-refractivity contribution in [2.45, 2.75) is 32.1 Å². The van der Waals surface area contributed by atoms with Gasteiger partial charge in [-0.2, -0.15) is 0 Å². The van der Waals surface area contributed by atoms with Crippen molar-refractivity contribution in [1.29, 1.82) is 0 Å². The molecule has 5 heteroatoms. The second-order valence-corrected chi connectivity index (χ2v) is 6.73. The maximum atomic E-state index is 12.6. The molecule has 0 saturated carbocycles. The Morgan fingerprint density at radius 1 is 1.13 bits per heavy atom. The number of nitrogens with zero attached hydrogens (tertiary/aromatic N) is 4. The van der Waals surface area contributed by atoms with Crippen molar-refractivity contribution >= 4 is 11.7 Å². The number of piperidine rings is 1. The first-order valence-electron chi connectivity index (χ1n) is 8.93. The van der Waals surface area contributed by atoms with Crippen LogP contribution >= 0.6 is 0 Å². The fraction of sp³-hybridized carbons (Fsp3) is 0.667. The van der Waals surface area contributed by atoms with Crippen LogP contribution in [0.4, 0.5) is 5.82 Å². The fourth-order valence-electron chi connectivity index (χ4n) is 3.47. The summed E-state index contributed by atoms with van der Waals surface area (Å²) >= 11 is 0. The molecule has 0 atom stereocenters. The van der Waals surface area contributed by atoms with Gasteiger partial charge in [0.1, 0.15) is 5.82 Å². The number of amides is 1. The number of likely N-dealkylation sites (tertiary alicyclic amines) is 1. The van der Waals surface area contributed by atoms with Gasteiger partial charge in [-0.1, -0.05) is 6.42 Å². The number of hydrogen-bond acceptors (Lipinski definition) is 4. The first-order valence-corrected chi connectivity index (χ1v) is 8.93. The summed E-state index contributed by atoms with van der Waals surface area (Å²) in [5.74, 6) is 1.04. The van der Waals surface area contributed by atoms with Gasteiger partial charge in [-0.25, -0.2) is 4.98 Å². The Bertz CT molecular complexity index is 522. The highest BCUT2D eigenvalue weighted by atomic mass is 16.2. The van der Waals surface area contributed by atoms with Gasteiger partial charge in [-0.05, 0) is 50.9 Å². The highest BCUT2D eigenvalue weighted by Crippen LogP contribution is 2.19. The Morgan fingerprint density at radius 3 is 2.57 bits per heavy atom. The monoisotopic (exact) mass is 316 g/mol. The first-order chi connectivity index (χ1) is 11.2. The predicted octanol–water partition coefficient (Wildman–Crippen LogP) is 2.24. The van der Waals surface area contributed by atoms with Crippen molar-refractivity contribution in [3.8, 4) is 0 Å². The third kappa shape index (κ3) is 4.22. The molecule has 1 amide bonds. The van der Waals surface area contributed by atoms with E-state index in [0.717, 1.165) is 37.6 Å². The van der Waals surface area contributed by atoms with Gasteiger partial charge in [0, 0.05) is 45.0 Å². The summed E-state index contributed by atoms with van der Waals surface area (Å²) in [5.41, 5.74) is 0.753. The lowest BCUT2D eigenvalue weighted by Crippen LogP contribution is -2.38. The quantitative estimate of drug-likeness (QED) is 0.835. The molecule has 23 heavy (non-hydrogen) atoms. The molecule has 0 N–H and O–H groups in total. The minimum absolute atomic E-state index is 0.102. The molecule has 126 valence electrons. The van der Waals surface area contributed by atoms with Gasteiger partial charge in [0.15, 0.2) is 0 Å². The Labute approximate surface area is 139 Å². The molecule has 3 rings (SSSR count). The molecule has 0 radical (unpaired) electrons. The van der Waals surface area contributed by atoms with Gasteiger partial charge in [-0.3, -0.25) is 4.79 Å². The molecule has 1 aromatic rings. The molecule has 0 aliphatic carbocycles.